The molecule has 0 aliphatic carbocycles. The van der Waals surface area contributed by atoms with Crippen LogP contribution in [0.4, 0.5) is 16.5 Å². The van der Waals surface area contributed by atoms with E-state index in [-0.39, 0.29) is 29.6 Å². The highest BCUT2D eigenvalue weighted by atomic mass is 32.1. The van der Waals surface area contributed by atoms with Gasteiger partial charge in [0.15, 0.2) is 0 Å². The smallest absolute Gasteiger partial charge is 0.257 e. The van der Waals surface area contributed by atoms with Gasteiger partial charge >= 0.3 is 0 Å². The van der Waals surface area contributed by atoms with Gasteiger partial charge in [-0.3, -0.25) is 19.7 Å². The van der Waals surface area contributed by atoms with Gasteiger partial charge in [-0.1, -0.05) is 50.3 Å². The number of rotatable bonds is 7. The standard InChI is InChI=1S/C25H27N5O3S/c1-4-16-7-5-6-8-20(16)30-14-18(13-21(30)31)24-28-29-25(34-24)27-23(33)17-9-11-19(12-10-17)26-22(32)15(2)3/h5-12,15,18H,4,13-14H2,1-3H3,(H,26,32)(H,27,29,33). The Bertz CT molecular complexity index is 1210. The van der Waals surface area contributed by atoms with Crippen LogP contribution in [0.5, 0.6) is 0 Å². The Hall–Kier alpha value is -3.59. The van der Waals surface area contributed by atoms with Crippen LogP contribution in [0.15, 0.2) is 48.5 Å². The molecule has 1 saturated heterocycles. The average molecular weight is 478 g/mol. The summed E-state index contributed by atoms with van der Waals surface area (Å²) in [6, 6.07) is 14.6. The van der Waals surface area contributed by atoms with Crippen molar-refractivity contribution < 1.29 is 14.4 Å². The fraction of sp³-hybridized carbons (Fsp3) is 0.320. The first-order valence-electron chi connectivity index (χ1n) is 11.3. The second-order valence-corrected chi connectivity index (χ2v) is 9.52. The quantitative estimate of drug-likeness (QED) is 0.523. The summed E-state index contributed by atoms with van der Waals surface area (Å²) in [6.45, 7) is 6.25. The molecule has 0 saturated carbocycles. The van der Waals surface area contributed by atoms with Gasteiger partial charge < -0.3 is 10.2 Å². The number of para-hydroxylation sites is 1. The minimum atomic E-state index is -0.314. The van der Waals surface area contributed by atoms with Gasteiger partial charge in [-0.2, -0.15) is 0 Å². The van der Waals surface area contributed by atoms with Crippen LogP contribution in [0.3, 0.4) is 0 Å². The zero-order valence-electron chi connectivity index (χ0n) is 19.4. The summed E-state index contributed by atoms with van der Waals surface area (Å²) in [5.74, 6) is -0.523. The normalized spacial score (nSPS) is 15.6. The van der Waals surface area contributed by atoms with Crippen molar-refractivity contribution in [3.63, 3.8) is 0 Å². The van der Waals surface area contributed by atoms with Crippen molar-refractivity contribution in [2.75, 3.05) is 22.1 Å². The molecule has 2 aromatic carbocycles. The molecule has 8 nitrogen and oxygen atoms in total. The van der Waals surface area contributed by atoms with Crippen LogP contribution in [-0.2, 0) is 16.0 Å². The van der Waals surface area contributed by atoms with E-state index >= 15 is 0 Å². The number of hydrogen-bond acceptors (Lipinski definition) is 6. The maximum Gasteiger partial charge on any atom is 0.257 e. The summed E-state index contributed by atoms with van der Waals surface area (Å²) in [5, 5.41) is 15.0. The van der Waals surface area contributed by atoms with Gasteiger partial charge in [0.2, 0.25) is 16.9 Å². The number of benzene rings is 2. The minimum absolute atomic E-state index is 0.0654. The molecular formula is C25H27N5O3S. The highest BCUT2D eigenvalue weighted by molar-refractivity contribution is 7.15. The number of aryl methyl sites for hydroxylation is 1. The second-order valence-electron chi connectivity index (χ2n) is 8.51. The molecule has 2 heterocycles. The first-order valence-corrected chi connectivity index (χ1v) is 12.1. The minimum Gasteiger partial charge on any atom is -0.326 e. The van der Waals surface area contributed by atoms with Gasteiger partial charge in [-0.15, -0.1) is 10.2 Å². The molecule has 0 bridgehead atoms. The first-order chi connectivity index (χ1) is 16.4. The molecule has 0 radical (unpaired) electrons. The van der Waals surface area contributed by atoms with Crippen molar-refractivity contribution in [2.45, 2.75) is 39.5 Å². The third-order valence-corrected chi connectivity index (χ3v) is 6.74. The Balaban J connectivity index is 1.39. The number of aromatic nitrogens is 2. The number of anilines is 3. The fourth-order valence-corrected chi connectivity index (χ4v) is 4.62. The lowest BCUT2D eigenvalue weighted by atomic mass is 10.1. The lowest BCUT2D eigenvalue weighted by Gasteiger charge is -2.19. The molecule has 1 fully saturated rings. The summed E-state index contributed by atoms with van der Waals surface area (Å²) in [5.41, 5.74) is 3.16. The van der Waals surface area contributed by atoms with Crippen LogP contribution < -0.4 is 15.5 Å². The number of amides is 3. The molecule has 3 amide bonds. The second kappa shape index (κ2) is 10.1. The van der Waals surface area contributed by atoms with Crippen molar-refractivity contribution in [2.24, 2.45) is 5.92 Å². The van der Waals surface area contributed by atoms with E-state index < -0.39 is 0 Å². The zero-order valence-corrected chi connectivity index (χ0v) is 20.2. The van der Waals surface area contributed by atoms with Gasteiger partial charge in [-0.25, -0.2) is 0 Å². The maximum absolute atomic E-state index is 12.7. The molecule has 9 heteroatoms. The van der Waals surface area contributed by atoms with Gasteiger partial charge in [0.25, 0.3) is 5.91 Å². The molecule has 1 atom stereocenters. The molecule has 176 valence electrons. The van der Waals surface area contributed by atoms with Crippen LogP contribution in [0.1, 0.15) is 54.0 Å². The highest BCUT2D eigenvalue weighted by Crippen LogP contribution is 2.35. The molecular weight excluding hydrogens is 450 g/mol. The summed E-state index contributed by atoms with van der Waals surface area (Å²) in [6.07, 6.45) is 1.22. The number of nitrogens with one attached hydrogen (secondary N) is 2. The van der Waals surface area contributed by atoms with Crippen LogP contribution in [0, 0.1) is 5.92 Å². The Morgan fingerprint density at radius 3 is 2.53 bits per heavy atom. The summed E-state index contributed by atoms with van der Waals surface area (Å²) < 4.78 is 0. The lowest BCUT2D eigenvalue weighted by Crippen LogP contribution is -2.25. The van der Waals surface area contributed by atoms with Crippen LogP contribution in [0.2, 0.25) is 0 Å². The van der Waals surface area contributed by atoms with Crippen LogP contribution in [-0.4, -0.2) is 34.5 Å². The van der Waals surface area contributed by atoms with Crippen molar-refractivity contribution in [1.82, 2.24) is 10.2 Å². The Kier molecular flexibility index (Phi) is 7.02. The number of nitrogens with zero attached hydrogens (tertiary/aromatic N) is 3. The topological polar surface area (TPSA) is 104 Å². The third kappa shape index (κ3) is 5.14. The van der Waals surface area contributed by atoms with E-state index in [1.165, 1.54) is 11.3 Å². The number of carbonyl (C=O) groups is 3. The van der Waals surface area contributed by atoms with Crippen molar-refractivity contribution in [3.05, 3.63) is 64.7 Å². The van der Waals surface area contributed by atoms with Crippen LogP contribution in [0.25, 0.3) is 0 Å². The molecule has 1 aromatic heterocycles. The average Bonchev–Trinajstić information content (AvgIpc) is 3.45. The predicted octanol–water partition coefficient (Wildman–Crippen LogP) is 4.47. The van der Waals surface area contributed by atoms with E-state index in [1.54, 1.807) is 24.3 Å². The molecule has 34 heavy (non-hydrogen) atoms. The SMILES string of the molecule is CCc1ccccc1N1CC(c2nnc(NC(=O)c3ccc(NC(=O)C(C)C)cc3)s2)CC1=O. The molecule has 0 spiro atoms. The first kappa shape index (κ1) is 23.6. The van der Waals surface area contributed by atoms with Gasteiger partial charge in [0, 0.05) is 41.7 Å². The Morgan fingerprint density at radius 1 is 1.09 bits per heavy atom. The van der Waals surface area contributed by atoms with Crippen LogP contribution >= 0.6 is 11.3 Å². The van der Waals surface area contributed by atoms with E-state index in [0.717, 1.165) is 22.7 Å². The fourth-order valence-electron chi connectivity index (χ4n) is 3.79. The van der Waals surface area contributed by atoms with Gasteiger partial charge in [0.1, 0.15) is 5.01 Å². The van der Waals surface area contributed by atoms with E-state index in [1.807, 2.05) is 43.0 Å². The van der Waals surface area contributed by atoms with Crippen molar-refractivity contribution in [3.8, 4) is 0 Å². The summed E-state index contributed by atoms with van der Waals surface area (Å²) in [4.78, 5) is 39.0. The maximum atomic E-state index is 12.7. The summed E-state index contributed by atoms with van der Waals surface area (Å²) >= 11 is 1.29. The van der Waals surface area contributed by atoms with Crippen molar-refractivity contribution >= 4 is 45.6 Å². The molecule has 4 rings (SSSR count). The predicted molar refractivity (Wildman–Crippen MR) is 133 cm³/mol. The Labute approximate surface area is 202 Å². The molecule has 3 aromatic rings. The van der Waals surface area contributed by atoms with Gasteiger partial charge in [0.05, 0.1) is 0 Å². The van der Waals surface area contributed by atoms with Crippen molar-refractivity contribution in [1.29, 1.82) is 0 Å². The van der Waals surface area contributed by atoms with E-state index in [9.17, 15) is 14.4 Å². The van der Waals surface area contributed by atoms with Gasteiger partial charge in [-0.05, 0) is 42.3 Å². The van der Waals surface area contributed by atoms with E-state index in [4.69, 9.17) is 0 Å². The molecule has 1 unspecified atom stereocenters. The molecule has 1 aliphatic heterocycles. The highest BCUT2D eigenvalue weighted by Gasteiger charge is 2.34. The molecule has 2 N–H and O–H groups in total. The lowest BCUT2D eigenvalue weighted by molar-refractivity contribution is -0.119. The monoisotopic (exact) mass is 477 g/mol. The Morgan fingerprint density at radius 2 is 1.82 bits per heavy atom. The van der Waals surface area contributed by atoms with E-state index in [2.05, 4.69) is 27.8 Å². The molecule has 1 aliphatic rings. The number of carbonyl (C=O) groups excluding carboxylic acids is 3. The third-order valence-electron chi connectivity index (χ3n) is 5.74. The largest absolute Gasteiger partial charge is 0.326 e. The zero-order chi connectivity index (χ0) is 24.2. The number of hydrogen-bond donors (Lipinski definition) is 2. The van der Waals surface area contributed by atoms with E-state index in [0.29, 0.717) is 29.3 Å². The summed E-state index contributed by atoms with van der Waals surface area (Å²) in [7, 11) is 0.